The third kappa shape index (κ3) is 3.80. The fraction of sp³-hybridized carbons (Fsp3) is 0.294. The molecule has 0 fully saturated rings. The van der Waals surface area contributed by atoms with Crippen molar-refractivity contribution in [3.8, 4) is 0 Å². The standard InChI is InChI=1S/C17H19F2N/c1-17(2,3)13-6-4-12(5-7-13)11-20-16-9-14(18)8-15(19)10-16/h4-10,20H,11H2,1-3H3. The molecule has 1 nitrogen and oxygen atoms in total. The summed E-state index contributed by atoms with van der Waals surface area (Å²) in [5.41, 5.74) is 2.90. The van der Waals surface area contributed by atoms with Crippen molar-refractivity contribution < 1.29 is 8.78 Å². The zero-order valence-corrected chi connectivity index (χ0v) is 12.0. The first-order chi connectivity index (χ1) is 9.34. The molecule has 20 heavy (non-hydrogen) atoms. The second-order valence-corrected chi connectivity index (χ2v) is 5.96. The van der Waals surface area contributed by atoms with Crippen molar-refractivity contribution in [1.29, 1.82) is 0 Å². The van der Waals surface area contributed by atoms with Gasteiger partial charge in [0.05, 0.1) is 0 Å². The molecule has 0 heterocycles. The van der Waals surface area contributed by atoms with E-state index in [1.807, 2.05) is 12.1 Å². The van der Waals surface area contributed by atoms with Crippen LogP contribution in [-0.4, -0.2) is 0 Å². The van der Waals surface area contributed by atoms with Gasteiger partial charge in [0.1, 0.15) is 11.6 Å². The maximum Gasteiger partial charge on any atom is 0.128 e. The smallest absolute Gasteiger partial charge is 0.128 e. The predicted octanol–water partition coefficient (Wildman–Crippen LogP) is 4.87. The van der Waals surface area contributed by atoms with E-state index in [1.54, 1.807) is 0 Å². The number of benzene rings is 2. The molecule has 0 unspecified atom stereocenters. The van der Waals surface area contributed by atoms with Gasteiger partial charge in [-0.05, 0) is 28.7 Å². The zero-order chi connectivity index (χ0) is 14.8. The molecule has 0 radical (unpaired) electrons. The number of hydrogen-bond donors (Lipinski definition) is 1. The van der Waals surface area contributed by atoms with Crippen LogP contribution in [0.4, 0.5) is 14.5 Å². The third-order valence-electron chi connectivity index (χ3n) is 3.18. The first-order valence-electron chi connectivity index (χ1n) is 6.64. The number of anilines is 1. The van der Waals surface area contributed by atoms with Crippen LogP contribution in [0, 0.1) is 11.6 Å². The Morgan fingerprint density at radius 1 is 0.900 bits per heavy atom. The Bertz CT molecular complexity index is 563. The van der Waals surface area contributed by atoms with Gasteiger partial charge in [0.25, 0.3) is 0 Å². The fourth-order valence-corrected chi connectivity index (χ4v) is 1.98. The Labute approximate surface area is 118 Å². The Morgan fingerprint density at radius 3 is 1.95 bits per heavy atom. The summed E-state index contributed by atoms with van der Waals surface area (Å²) < 4.78 is 26.1. The number of nitrogens with one attached hydrogen (secondary N) is 1. The van der Waals surface area contributed by atoms with Crippen LogP contribution in [0.25, 0.3) is 0 Å². The van der Waals surface area contributed by atoms with E-state index in [0.29, 0.717) is 12.2 Å². The van der Waals surface area contributed by atoms with Crippen molar-refractivity contribution in [3.63, 3.8) is 0 Å². The Kier molecular flexibility index (Phi) is 4.07. The Balaban J connectivity index is 2.04. The molecule has 1 N–H and O–H groups in total. The monoisotopic (exact) mass is 275 g/mol. The minimum atomic E-state index is -0.574. The van der Waals surface area contributed by atoms with Gasteiger partial charge in [-0.25, -0.2) is 8.78 Å². The van der Waals surface area contributed by atoms with Gasteiger partial charge in [-0.1, -0.05) is 45.0 Å². The van der Waals surface area contributed by atoms with Crippen molar-refractivity contribution in [2.45, 2.75) is 32.7 Å². The highest BCUT2D eigenvalue weighted by Crippen LogP contribution is 2.22. The lowest BCUT2D eigenvalue weighted by atomic mass is 9.87. The predicted molar refractivity (Wildman–Crippen MR) is 78.8 cm³/mol. The van der Waals surface area contributed by atoms with Gasteiger partial charge in [0.2, 0.25) is 0 Å². The number of halogens is 2. The molecule has 0 saturated heterocycles. The summed E-state index contributed by atoms with van der Waals surface area (Å²) in [4.78, 5) is 0. The molecule has 2 rings (SSSR count). The molecule has 0 amide bonds. The van der Waals surface area contributed by atoms with E-state index in [9.17, 15) is 8.78 Å². The van der Waals surface area contributed by atoms with Crippen molar-refractivity contribution in [3.05, 3.63) is 65.2 Å². The van der Waals surface area contributed by atoms with Gasteiger partial charge in [-0.3, -0.25) is 0 Å². The molecule has 0 aliphatic heterocycles. The molecule has 106 valence electrons. The van der Waals surface area contributed by atoms with Crippen LogP contribution >= 0.6 is 0 Å². The van der Waals surface area contributed by atoms with E-state index in [-0.39, 0.29) is 5.41 Å². The van der Waals surface area contributed by atoms with Gasteiger partial charge < -0.3 is 5.32 Å². The summed E-state index contributed by atoms with van der Waals surface area (Å²) in [7, 11) is 0. The van der Waals surface area contributed by atoms with Crippen molar-refractivity contribution >= 4 is 5.69 Å². The summed E-state index contributed by atoms with van der Waals surface area (Å²) in [6.07, 6.45) is 0. The normalized spacial score (nSPS) is 11.4. The molecule has 0 spiro atoms. The molecule has 2 aromatic carbocycles. The molecule has 0 saturated carbocycles. The van der Waals surface area contributed by atoms with Crippen molar-refractivity contribution in [2.24, 2.45) is 0 Å². The first kappa shape index (κ1) is 14.5. The molecule has 0 aromatic heterocycles. The number of rotatable bonds is 3. The first-order valence-corrected chi connectivity index (χ1v) is 6.64. The van der Waals surface area contributed by atoms with E-state index >= 15 is 0 Å². The van der Waals surface area contributed by atoms with Crippen molar-refractivity contribution in [2.75, 3.05) is 5.32 Å². The quantitative estimate of drug-likeness (QED) is 0.842. The molecule has 0 bridgehead atoms. The fourth-order valence-electron chi connectivity index (χ4n) is 1.98. The average Bonchev–Trinajstić information content (AvgIpc) is 2.35. The van der Waals surface area contributed by atoms with Crippen LogP contribution in [0.1, 0.15) is 31.9 Å². The molecule has 2 aromatic rings. The summed E-state index contributed by atoms with van der Waals surface area (Å²) in [6, 6.07) is 11.7. The lowest BCUT2D eigenvalue weighted by Crippen LogP contribution is -2.11. The summed E-state index contributed by atoms with van der Waals surface area (Å²) in [6.45, 7) is 7.02. The molecular weight excluding hydrogens is 256 g/mol. The summed E-state index contributed by atoms with van der Waals surface area (Å²) >= 11 is 0. The van der Waals surface area contributed by atoms with Gasteiger partial charge >= 0.3 is 0 Å². The highest BCUT2D eigenvalue weighted by molar-refractivity contribution is 5.44. The van der Waals surface area contributed by atoms with Gasteiger partial charge in [-0.15, -0.1) is 0 Å². The van der Waals surface area contributed by atoms with Crippen LogP contribution in [0.15, 0.2) is 42.5 Å². The SMILES string of the molecule is CC(C)(C)c1ccc(CNc2cc(F)cc(F)c2)cc1. The van der Waals surface area contributed by atoms with Crippen LogP contribution in [0.5, 0.6) is 0 Å². The molecule has 0 atom stereocenters. The van der Waals surface area contributed by atoms with Gasteiger partial charge in [0, 0.05) is 18.3 Å². The minimum absolute atomic E-state index is 0.123. The van der Waals surface area contributed by atoms with Crippen LogP contribution in [0.2, 0.25) is 0 Å². The Morgan fingerprint density at radius 2 is 1.45 bits per heavy atom. The van der Waals surface area contributed by atoms with Crippen LogP contribution < -0.4 is 5.32 Å². The maximum absolute atomic E-state index is 13.1. The second kappa shape index (κ2) is 5.61. The highest BCUT2D eigenvalue weighted by atomic mass is 19.1. The molecular formula is C17H19F2N. The van der Waals surface area contributed by atoms with E-state index in [1.165, 1.54) is 17.7 Å². The minimum Gasteiger partial charge on any atom is -0.381 e. The van der Waals surface area contributed by atoms with Crippen LogP contribution in [-0.2, 0) is 12.0 Å². The highest BCUT2D eigenvalue weighted by Gasteiger charge is 2.12. The maximum atomic E-state index is 13.1. The average molecular weight is 275 g/mol. The molecule has 3 heteroatoms. The van der Waals surface area contributed by atoms with E-state index in [0.717, 1.165) is 11.6 Å². The summed E-state index contributed by atoms with van der Waals surface area (Å²) in [5.74, 6) is -1.15. The van der Waals surface area contributed by atoms with E-state index < -0.39 is 11.6 Å². The van der Waals surface area contributed by atoms with Crippen molar-refractivity contribution in [1.82, 2.24) is 0 Å². The van der Waals surface area contributed by atoms with Gasteiger partial charge in [0.15, 0.2) is 0 Å². The molecule has 0 aliphatic rings. The zero-order valence-electron chi connectivity index (χ0n) is 12.0. The van der Waals surface area contributed by atoms with Gasteiger partial charge in [-0.2, -0.15) is 0 Å². The molecule has 0 aliphatic carbocycles. The lowest BCUT2D eigenvalue weighted by Gasteiger charge is -2.19. The number of hydrogen-bond acceptors (Lipinski definition) is 1. The second-order valence-electron chi connectivity index (χ2n) is 5.96. The largest absolute Gasteiger partial charge is 0.381 e. The summed E-state index contributed by atoms with van der Waals surface area (Å²) in [5, 5.41) is 3.02. The lowest BCUT2D eigenvalue weighted by molar-refractivity contribution is 0.584. The van der Waals surface area contributed by atoms with Crippen LogP contribution in [0.3, 0.4) is 0 Å². The Hall–Kier alpha value is -1.90. The topological polar surface area (TPSA) is 12.0 Å². The van der Waals surface area contributed by atoms with E-state index in [2.05, 4.69) is 38.2 Å². The third-order valence-corrected chi connectivity index (χ3v) is 3.18. The van der Waals surface area contributed by atoms with E-state index in [4.69, 9.17) is 0 Å².